The molecule has 1 aromatic heterocycles. The molecule has 0 saturated carbocycles. The van der Waals surface area contributed by atoms with Gasteiger partial charge in [0.1, 0.15) is 5.75 Å². The van der Waals surface area contributed by atoms with E-state index in [0.717, 1.165) is 11.1 Å². The van der Waals surface area contributed by atoms with Gasteiger partial charge in [-0.05, 0) is 61.4 Å². The minimum atomic E-state index is -4.88. The van der Waals surface area contributed by atoms with Crippen LogP contribution >= 0.6 is 11.6 Å². The van der Waals surface area contributed by atoms with Gasteiger partial charge in [0, 0.05) is 40.7 Å². The van der Waals surface area contributed by atoms with Crippen molar-refractivity contribution in [2.75, 3.05) is 0 Å². The molecule has 1 atom stereocenters. The molecule has 1 N–H and O–H groups in total. The predicted molar refractivity (Wildman–Crippen MR) is 141 cm³/mol. The molecule has 0 spiro atoms. The topological polar surface area (TPSA) is 86.6 Å². The number of imide groups is 1. The molecule has 0 aliphatic carbocycles. The molecule has 7 nitrogen and oxygen atoms in total. The molecule has 0 radical (unpaired) electrons. The Bertz CT molecular complexity index is 1650. The van der Waals surface area contributed by atoms with Gasteiger partial charge in [0.05, 0.1) is 11.1 Å². The number of hydrogen-bond donors (Lipinski definition) is 1. The predicted octanol–water partition coefficient (Wildman–Crippen LogP) is 6.35. The molecule has 206 valence electrons. The van der Waals surface area contributed by atoms with Crippen LogP contribution < -0.4 is 10.1 Å². The highest BCUT2D eigenvalue weighted by Crippen LogP contribution is 2.34. The first-order valence-corrected chi connectivity index (χ1v) is 12.5. The number of carbonyl (C=O) groups is 3. The molecule has 5 rings (SSSR count). The first-order valence-electron chi connectivity index (χ1n) is 12.1. The zero-order valence-corrected chi connectivity index (χ0v) is 22.0. The summed E-state index contributed by atoms with van der Waals surface area (Å²) in [5.74, 6) is -1.22. The number of cyclic esters (lactones) is 1. The Kier molecular flexibility index (Phi) is 6.83. The van der Waals surface area contributed by atoms with E-state index < -0.39 is 29.7 Å². The second kappa shape index (κ2) is 10.0. The Morgan fingerprint density at radius 1 is 1.02 bits per heavy atom. The molecule has 0 bridgehead atoms. The summed E-state index contributed by atoms with van der Waals surface area (Å²) in [6.07, 6.45) is -5.51. The van der Waals surface area contributed by atoms with Gasteiger partial charge in [-0.3, -0.25) is 14.9 Å². The summed E-state index contributed by atoms with van der Waals surface area (Å²) in [6, 6.07) is 17.4. The maximum Gasteiger partial charge on any atom is 0.573 e. The summed E-state index contributed by atoms with van der Waals surface area (Å²) >= 11 is 5.97. The summed E-state index contributed by atoms with van der Waals surface area (Å²) in [5.41, 5.74) is 1.90. The molecule has 3 aromatic carbocycles. The van der Waals surface area contributed by atoms with E-state index in [2.05, 4.69) is 10.1 Å². The summed E-state index contributed by atoms with van der Waals surface area (Å²) in [4.78, 5) is 37.1. The third kappa shape index (κ3) is 5.40. The number of nitrogens with zero attached hydrogens (tertiary/aromatic N) is 1. The number of amides is 2. The van der Waals surface area contributed by atoms with Crippen LogP contribution in [0.15, 0.2) is 66.7 Å². The molecule has 2 heterocycles. The fraction of sp³-hybridized carbons (Fsp3) is 0.207. The van der Waals surface area contributed by atoms with E-state index in [9.17, 15) is 27.6 Å². The standard InChI is InChI=1S/C29H22ClF3N2O5/c1-16-24(25(36)19-7-9-20(30)10-8-19)22-12-11-21(39-29(31,32)33)13-23(22)35(16)15-18-5-3-17(4-6-18)14-28(2)26(37)34-27(38)40-28/h3-13H,14-15H2,1-2H3,(H,34,37,38)/t28-/m0/s1. The number of fused-ring (bicyclic) bond motifs is 1. The van der Waals surface area contributed by atoms with Crippen LogP contribution in [0.3, 0.4) is 0 Å². The lowest BCUT2D eigenvalue weighted by molar-refractivity contribution is -0.274. The molecular formula is C29H22ClF3N2O5. The molecule has 1 fully saturated rings. The number of benzene rings is 3. The van der Waals surface area contributed by atoms with Crippen molar-refractivity contribution in [2.24, 2.45) is 0 Å². The van der Waals surface area contributed by atoms with Gasteiger partial charge in [-0.25, -0.2) is 4.79 Å². The second-order valence-corrected chi connectivity index (χ2v) is 10.1. The Balaban J connectivity index is 1.51. The highest BCUT2D eigenvalue weighted by molar-refractivity contribution is 6.30. The van der Waals surface area contributed by atoms with Crippen LogP contribution in [-0.2, 0) is 22.5 Å². The Hall–Kier alpha value is -4.31. The number of alkyl carbamates (subject to hydrolysis) is 1. The number of rotatable bonds is 7. The highest BCUT2D eigenvalue weighted by Gasteiger charge is 2.44. The Morgan fingerprint density at radius 2 is 1.68 bits per heavy atom. The SMILES string of the molecule is Cc1c(C(=O)c2ccc(Cl)cc2)c2ccc(OC(F)(F)F)cc2n1Cc1ccc(C[C@]2(C)OC(=O)NC2=O)cc1. The fourth-order valence-electron chi connectivity index (χ4n) is 4.84. The van der Waals surface area contributed by atoms with Crippen molar-refractivity contribution in [1.29, 1.82) is 0 Å². The van der Waals surface area contributed by atoms with E-state index in [4.69, 9.17) is 16.3 Å². The summed E-state index contributed by atoms with van der Waals surface area (Å²) in [7, 11) is 0. The number of nitrogens with one attached hydrogen (secondary N) is 1. The van der Waals surface area contributed by atoms with Crippen LogP contribution in [0.2, 0.25) is 5.02 Å². The highest BCUT2D eigenvalue weighted by atomic mass is 35.5. The minimum Gasteiger partial charge on any atom is -0.432 e. The van der Waals surface area contributed by atoms with Crippen molar-refractivity contribution >= 4 is 40.3 Å². The number of carbonyl (C=O) groups excluding carboxylic acids is 3. The van der Waals surface area contributed by atoms with E-state index in [1.54, 1.807) is 60.0 Å². The number of aromatic nitrogens is 1. The van der Waals surface area contributed by atoms with Crippen LogP contribution in [-0.4, -0.2) is 34.3 Å². The lowest BCUT2D eigenvalue weighted by Crippen LogP contribution is -2.38. The quantitative estimate of drug-likeness (QED) is 0.262. The molecule has 1 saturated heterocycles. The zero-order chi connectivity index (χ0) is 28.8. The largest absolute Gasteiger partial charge is 0.573 e. The summed E-state index contributed by atoms with van der Waals surface area (Å²) < 4.78 is 49.9. The molecule has 1 aliphatic rings. The smallest absolute Gasteiger partial charge is 0.432 e. The number of ketones is 1. The molecular weight excluding hydrogens is 549 g/mol. The maximum atomic E-state index is 13.5. The van der Waals surface area contributed by atoms with Crippen LogP contribution in [0.25, 0.3) is 10.9 Å². The van der Waals surface area contributed by atoms with Crippen molar-refractivity contribution in [3.8, 4) is 5.75 Å². The first kappa shape index (κ1) is 27.3. The van der Waals surface area contributed by atoms with E-state index in [-0.39, 0.29) is 18.7 Å². The molecule has 4 aromatic rings. The van der Waals surface area contributed by atoms with Crippen molar-refractivity contribution in [3.63, 3.8) is 0 Å². The van der Waals surface area contributed by atoms with E-state index >= 15 is 0 Å². The van der Waals surface area contributed by atoms with Gasteiger partial charge >= 0.3 is 12.5 Å². The van der Waals surface area contributed by atoms with Crippen LogP contribution in [0.4, 0.5) is 18.0 Å². The van der Waals surface area contributed by atoms with Gasteiger partial charge in [-0.1, -0.05) is 35.9 Å². The van der Waals surface area contributed by atoms with Crippen LogP contribution in [0.1, 0.15) is 39.7 Å². The lowest BCUT2D eigenvalue weighted by Gasteiger charge is -2.19. The van der Waals surface area contributed by atoms with Gasteiger partial charge in [-0.2, -0.15) is 0 Å². The number of ether oxygens (including phenoxy) is 2. The van der Waals surface area contributed by atoms with Gasteiger partial charge in [0.2, 0.25) is 0 Å². The zero-order valence-electron chi connectivity index (χ0n) is 21.3. The Morgan fingerprint density at radius 3 is 2.27 bits per heavy atom. The average Bonchev–Trinajstić information content (AvgIpc) is 3.29. The van der Waals surface area contributed by atoms with Crippen LogP contribution in [0.5, 0.6) is 5.75 Å². The average molecular weight is 571 g/mol. The van der Waals surface area contributed by atoms with E-state index in [0.29, 0.717) is 32.7 Å². The van der Waals surface area contributed by atoms with Crippen molar-refractivity contribution < 1.29 is 37.0 Å². The van der Waals surface area contributed by atoms with Gasteiger partial charge < -0.3 is 14.0 Å². The molecule has 1 aliphatic heterocycles. The van der Waals surface area contributed by atoms with Crippen molar-refractivity contribution in [2.45, 2.75) is 38.8 Å². The molecule has 40 heavy (non-hydrogen) atoms. The Labute approximate surface area is 231 Å². The third-order valence-electron chi connectivity index (χ3n) is 6.78. The molecule has 2 amide bonds. The third-order valence-corrected chi connectivity index (χ3v) is 7.03. The van der Waals surface area contributed by atoms with Gasteiger partial charge in [0.15, 0.2) is 11.4 Å². The monoisotopic (exact) mass is 570 g/mol. The van der Waals surface area contributed by atoms with E-state index in [1.165, 1.54) is 25.1 Å². The molecule has 11 heteroatoms. The van der Waals surface area contributed by atoms with Crippen molar-refractivity contribution in [1.82, 2.24) is 9.88 Å². The first-order chi connectivity index (χ1) is 18.8. The minimum absolute atomic E-state index is 0.161. The normalized spacial score (nSPS) is 17.1. The number of alkyl halides is 3. The van der Waals surface area contributed by atoms with Crippen molar-refractivity contribution in [3.05, 3.63) is 99.7 Å². The number of halogens is 4. The van der Waals surface area contributed by atoms with Crippen LogP contribution in [0, 0.1) is 6.92 Å². The molecule has 0 unspecified atom stereocenters. The second-order valence-electron chi connectivity index (χ2n) is 9.68. The van der Waals surface area contributed by atoms with Gasteiger partial charge in [-0.15, -0.1) is 13.2 Å². The van der Waals surface area contributed by atoms with E-state index in [1.807, 2.05) is 0 Å². The summed E-state index contributed by atoms with van der Waals surface area (Å²) in [5, 5.41) is 3.07. The lowest BCUT2D eigenvalue weighted by atomic mass is 9.95. The number of hydrogen-bond acceptors (Lipinski definition) is 5. The maximum absolute atomic E-state index is 13.5. The summed E-state index contributed by atoms with van der Waals surface area (Å²) in [6.45, 7) is 3.49. The fourth-order valence-corrected chi connectivity index (χ4v) is 4.97. The van der Waals surface area contributed by atoms with Gasteiger partial charge in [0.25, 0.3) is 5.91 Å².